The van der Waals surface area contributed by atoms with Crippen LogP contribution in [0.25, 0.3) is 16.3 Å². The molecule has 2 nitrogen and oxygen atoms in total. The minimum atomic E-state index is 0. The molecule has 23 heavy (non-hydrogen) atoms. The molecule has 0 amide bonds. The zero-order chi connectivity index (χ0) is 14.8. The van der Waals surface area contributed by atoms with Gasteiger partial charge in [0.2, 0.25) is 0 Å². The first kappa shape index (κ1) is 15.3. The van der Waals surface area contributed by atoms with Crippen molar-refractivity contribution in [3.63, 3.8) is 0 Å². The lowest BCUT2D eigenvalue weighted by Gasteiger charge is -2.06. The van der Waals surface area contributed by atoms with Crippen LogP contribution < -0.4 is 21.5 Å². The molecule has 0 atom stereocenters. The third-order valence-corrected chi connectivity index (χ3v) is 3.83. The highest BCUT2D eigenvalue weighted by molar-refractivity contribution is 5.84. The Labute approximate surface area is 141 Å². The number of hydrogen-bond donors (Lipinski definition) is 0. The second-order valence-electron chi connectivity index (χ2n) is 5.34. The third-order valence-electron chi connectivity index (χ3n) is 3.83. The predicted octanol–water partition coefficient (Wildman–Crippen LogP) is 1.16. The van der Waals surface area contributed by atoms with E-state index < -0.39 is 0 Å². The topological polar surface area (TPSA) is 13.3 Å². The van der Waals surface area contributed by atoms with Gasteiger partial charge in [0, 0.05) is 17.5 Å². The average molecular weight is 322 g/mol. The monoisotopic (exact) mass is 321 g/mol. The van der Waals surface area contributed by atoms with Crippen LogP contribution in [0.15, 0.2) is 85.2 Å². The fourth-order valence-electron chi connectivity index (χ4n) is 2.69. The highest BCUT2D eigenvalue weighted by atomic mass is 35.5. The van der Waals surface area contributed by atoms with E-state index >= 15 is 0 Å². The van der Waals surface area contributed by atoms with Crippen LogP contribution in [-0.4, -0.2) is 0 Å². The average Bonchev–Trinajstić information content (AvgIpc) is 2.59. The first-order valence-corrected chi connectivity index (χ1v) is 7.40. The van der Waals surface area contributed by atoms with Crippen molar-refractivity contribution in [1.29, 1.82) is 0 Å². The Bertz CT molecular complexity index is 938. The minimum Gasteiger partial charge on any atom is -1.00 e. The number of fused-ring (bicyclic) bond motifs is 2. The summed E-state index contributed by atoms with van der Waals surface area (Å²) in [7, 11) is 0. The van der Waals surface area contributed by atoms with E-state index in [1.54, 1.807) is 0 Å². The lowest BCUT2D eigenvalue weighted by molar-refractivity contribution is -0.510. The molecular weight excluding hydrogens is 306 g/mol. The Hall–Kier alpha value is -2.58. The van der Waals surface area contributed by atoms with E-state index in [1.165, 1.54) is 16.3 Å². The van der Waals surface area contributed by atoms with Gasteiger partial charge in [0.1, 0.15) is 6.61 Å². The summed E-state index contributed by atoms with van der Waals surface area (Å²) in [5, 5.41) is 2.44. The molecule has 4 aromatic rings. The van der Waals surface area contributed by atoms with Crippen molar-refractivity contribution in [2.45, 2.75) is 6.61 Å². The molecule has 0 bridgehead atoms. The zero-order valence-corrected chi connectivity index (χ0v) is 13.3. The molecule has 0 unspecified atom stereocenters. The molecule has 0 aliphatic rings. The minimum absolute atomic E-state index is 0. The van der Waals surface area contributed by atoms with E-state index in [2.05, 4.69) is 59.3 Å². The summed E-state index contributed by atoms with van der Waals surface area (Å²) in [5.41, 5.74) is 2.25. The van der Waals surface area contributed by atoms with Crippen LogP contribution in [0.2, 0.25) is 0 Å². The van der Waals surface area contributed by atoms with Gasteiger partial charge in [-0.3, -0.25) is 0 Å². The van der Waals surface area contributed by atoms with Gasteiger partial charge in [-0.25, -0.2) is 0 Å². The molecule has 0 saturated heterocycles. The van der Waals surface area contributed by atoms with Crippen LogP contribution in [0.1, 0.15) is 5.56 Å². The van der Waals surface area contributed by atoms with Crippen LogP contribution in [-0.2, 0) is 6.61 Å². The van der Waals surface area contributed by atoms with Gasteiger partial charge in [0.05, 0.1) is 0 Å². The Kier molecular flexibility index (Phi) is 4.45. The van der Waals surface area contributed by atoms with Gasteiger partial charge in [0.25, 0.3) is 5.52 Å². The van der Waals surface area contributed by atoms with E-state index in [0.29, 0.717) is 6.61 Å². The van der Waals surface area contributed by atoms with E-state index in [0.717, 1.165) is 11.3 Å². The number of nitrogens with zero attached hydrogens (tertiary/aromatic N) is 1. The van der Waals surface area contributed by atoms with Crippen molar-refractivity contribution in [2.75, 3.05) is 0 Å². The number of benzene rings is 2. The third kappa shape index (κ3) is 3.13. The van der Waals surface area contributed by atoms with Gasteiger partial charge in [-0.2, -0.15) is 4.40 Å². The molecule has 4 rings (SSSR count). The molecular formula is C20H16ClNO. The second-order valence-corrected chi connectivity index (χ2v) is 5.34. The van der Waals surface area contributed by atoms with Crippen molar-refractivity contribution in [3.8, 4) is 5.75 Å². The number of pyridine rings is 2. The Morgan fingerprint density at radius 1 is 0.783 bits per heavy atom. The Balaban J connectivity index is 0.00000156. The van der Waals surface area contributed by atoms with Crippen molar-refractivity contribution >= 4 is 16.3 Å². The zero-order valence-electron chi connectivity index (χ0n) is 12.5. The van der Waals surface area contributed by atoms with Crippen molar-refractivity contribution in [2.24, 2.45) is 0 Å². The quantitative estimate of drug-likeness (QED) is 0.408. The van der Waals surface area contributed by atoms with Gasteiger partial charge in [0.15, 0.2) is 18.1 Å². The summed E-state index contributed by atoms with van der Waals surface area (Å²) in [6.45, 7) is 0.577. The summed E-state index contributed by atoms with van der Waals surface area (Å²) in [6.07, 6.45) is 4.19. The van der Waals surface area contributed by atoms with E-state index in [-0.39, 0.29) is 12.4 Å². The highest BCUT2D eigenvalue weighted by Gasteiger charge is 2.11. The number of aromatic nitrogens is 1. The molecule has 0 spiro atoms. The normalized spacial score (nSPS) is 10.4. The maximum absolute atomic E-state index is 6.03. The van der Waals surface area contributed by atoms with Gasteiger partial charge >= 0.3 is 0 Å². The van der Waals surface area contributed by atoms with Gasteiger partial charge in [-0.15, -0.1) is 0 Å². The van der Waals surface area contributed by atoms with Gasteiger partial charge in [-0.1, -0.05) is 48.5 Å². The molecule has 2 aromatic carbocycles. The molecule has 0 N–H and O–H groups in total. The first-order chi connectivity index (χ1) is 10.9. The Morgan fingerprint density at radius 3 is 2.35 bits per heavy atom. The summed E-state index contributed by atoms with van der Waals surface area (Å²) < 4.78 is 8.15. The lowest BCUT2D eigenvalue weighted by atomic mass is 10.1. The standard InChI is InChI=1S/C20H16NO.ClH/c1-2-7-16(8-3-1)15-22-20-11-6-12-21-14-18-10-5-4-9-17(18)13-19(20)21;/h1-14H,15H2;1H/q+1;/p-1. The molecule has 0 radical (unpaired) electrons. The summed E-state index contributed by atoms with van der Waals surface area (Å²) in [6, 6.07) is 24.8. The predicted molar refractivity (Wildman–Crippen MR) is 87.9 cm³/mol. The molecule has 0 saturated carbocycles. The van der Waals surface area contributed by atoms with Crippen molar-refractivity contribution in [3.05, 3.63) is 90.8 Å². The maximum Gasteiger partial charge on any atom is 0.253 e. The molecule has 0 aliphatic carbocycles. The molecule has 2 aromatic heterocycles. The smallest absolute Gasteiger partial charge is 0.253 e. The van der Waals surface area contributed by atoms with Crippen LogP contribution >= 0.6 is 0 Å². The van der Waals surface area contributed by atoms with Crippen LogP contribution in [0.3, 0.4) is 0 Å². The van der Waals surface area contributed by atoms with E-state index in [1.807, 2.05) is 30.3 Å². The highest BCUT2D eigenvalue weighted by Crippen LogP contribution is 2.21. The number of rotatable bonds is 3. The molecule has 114 valence electrons. The fraction of sp³-hybridized carbons (Fsp3) is 0.0500. The molecule has 3 heteroatoms. The van der Waals surface area contributed by atoms with E-state index in [4.69, 9.17) is 4.74 Å². The Morgan fingerprint density at radius 2 is 1.52 bits per heavy atom. The van der Waals surface area contributed by atoms with Crippen molar-refractivity contribution in [1.82, 2.24) is 0 Å². The largest absolute Gasteiger partial charge is 1.00 e. The second kappa shape index (κ2) is 6.67. The summed E-state index contributed by atoms with van der Waals surface area (Å²) >= 11 is 0. The molecule has 2 heterocycles. The number of halogens is 1. The van der Waals surface area contributed by atoms with Crippen molar-refractivity contribution < 1.29 is 21.5 Å². The van der Waals surface area contributed by atoms with Gasteiger partial charge in [-0.05, 0) is 23.1 Å². The molecule has 0 fully saturated rings. The SMILES string of the molecule is [Cl-].c1ccc(COc2ccc[n+]3cc4ccccc4cc23)cc1. The van der Waals surface area contributed by atoms with Crippen LogP contribution in [0.5, 0.6) is 5.75 Å². The fourth-order valence-corrected chi connectivity index (χ4v) is 2.69. The number of ether oxygens (including phenoxy) is 1. The summed E-state index contributed by atoms with van der Waals surface area (Å²) in [5.74, 6) is 0.900. The first-order valence-electron chi connectivity index (χ1n) is 7.40. The van der Waals surface area contributed by atoms with Crippen LogP contribution in [0, 0.1) is 0 Å². The maximum atomic E-state index is 6.03. The van der Waals surface area contributed by atoms with E-state index in [9.17, 15) is 0 Å². The summed E-state index contributed by atoms with van der Waals surface area (Å²) in [4.78, 5) is 0. The van der Waals surface area contributed by atoms with Crippen LogP contribution in [0.4, 0.5) is 0 Å². The lowest BCUT2D eigenvalue weighted by Crippen LogP contribution is -3.00. The van der Waals surface area contributed by atoms with Gasteiger partial charge < -0.3 is 17.1 Å². The number of hydrogen-bond acceptors (Lipinski definition) is 1. The molecule has 0 aliphatic heterocycles.